The van der Waals surface area contributed by atoms with E-state index in [-0.39, 0.29) is 0 Å². The molecule has 0 aliphatic carbocycles. The van der Waals surface area contributed by atoms with Crippen LogP contribution in [-0.2, 0) is 13.0 Å². The van der Waals surface area contributed by atoms with Gasteiger partial charge in [0, 0.05) is 36.8 Å². The molecule has 0 N–H and O–H groups in total. The van der Waals surface area contributed by atoms with Crippen molar-refractivity contribution in [3.63, 3.8) is 0 Å². The number of hydrogen-bond donors (Lipinski definition) is 0. The average Bonchev–Trinajstić information content (AvgIpc) is 3.62. The summed E-state index contributed by atoms with van der Waals surface area (Å²) in [5.41, 5.74) is 3.02. The normalized spacial score (nSPS) is 13.9. The predicted molar refractivity (Wildman–Crippen MR) is 133 cm³/mol. The van der Waals surface area contributed by atoms with Gasteiger partial charge in [0.15, 0.2) is 0 Å². The molecular weight excluding hydrogens is 448 g/mol. The van der Waals surface area contributed by atoms with E-state index in [0.29, 0.717) is 12.5 Å². The summed E-state index contributed by atoms with van der Waals surface area (Å²) in [6.45, 7) is 8.48. The molecule has 1 saturated heterocycles. The van der Waals surface area contributed by atoms with Crippen molar-refractivity contribution < 1.29 is 4.74 Å². The lowest BCUT2D eigenvalue weighted by molar-refractivity contribution is 0.301. The second-order valence-corrected chi connectivity index (χ2v) is 8.61. The first-order valence-electron chi connectivity index (χ1n) is 11.7. The van der Waals surface area contributed by atoms with Crippen molar-refractivity contribution in [1.29, 1.82) is 0 Å². The molecule has 0 saturated carbocycles. The highest BCUT2D eigenvalue weighted by molar-refractivity contribution is 7.09. The predicted octanol–water partition coefficient (Wildman–Crippen LogP) is 4.46. The zero-order chi connectivity index (χ0) is 23.8. The van der Waals surface area contributed by atoms with Crippen LogP contribution in [0.2, 0.25) is 0 Å². The molecule has 34 heavy (non-hydrogen) atoms. The number of rotatable bonds is 7. The molecule has 10 heteroatoms. The van der Waals surface area contributed by atoms with Crippen LogP contribution in [0.4, 0.5) is 5.95 Å². The maximum absolute atomic E-state index is 5.92. The van der Waals surface area contributed by atoms with E-state index in [2.05, 4.69) is 42.7 Å². The van der Waals surface area contributed by atoms with Crippen molar-refractivity contribution >= 4 is 17.3 Å². The second kappa shape index (κ2) is 11.6. The fraction of sp³-hybridized carbons (Fsp3) is 0.417. The minimum Gasteiger partial charge on any atom is -0.487 e. The van der Waals surface area contributed by atoms with Gasteiger partial charge in [0.2, 0.25) is 5.95 Å². The Labute approximate surface area is 203 Å². The first-order chi connectivity index (χ1) is 16.8. The van der Waals surface area contributed by atoms with Gasteiger partial charge in [0.1, 0.15) is 18.7 Å². The van der Waals surface area contributed by atoms with Gasteiger partial charge in [-0.1, -0.05) is 20.8 Å². The molecule has 0 bridgehead atoms. The molecule has 1 aliphatic rings. The lowest BCUT2D eigenvalue weighted by atomic mass is 9.98. The Balaban J connectivity index is 0.00000133. The summed E-state index contributed by atoms with van der Waals surface area (Å²) in [5.74, 6) is 2.11. The molecule has 1 fully saturated rings. The Morgan fingerprint density at radius 2 is 1.79 bits per heavy atom. The van der Waals surface area contributed by atoms with E-state index in [1.807, 2.05) is 50.5 Å². The third-order valence-corrected chi connectivity index (χ3v) is 6.69. The number of benzene rings is 1. The van der Waals surface area contributed by atoms with E-state index in [4.69, 9.17) is 9.72 Å². The zero-order valence-corrected chi connectivity index (χ0v) is 20.6. The van der Waals surface area contributed by atoms with Crippen molar-refractivity contribution in [1.82, 2.24) is 35.2 Å². The lowest BCUT2D eigenvalue weighted by Crippen LogP contribution is -2.34. The molecule has 0 spiro atoms. The summed E-state index contributed by atoms with van der Waals surface area (Å²) >= 11 is 1.73. The molecule has 1 aliphatic heterocycles. The number of ether oxygens (including phenoxy) is 1. The van der Waals surface area contributed by atoms with Gasteiger partial charge in [-0.15, -0.1) is 16.4 Å². The monoisotopic (exact) mass is 478 g/mol. The Morgan fingerprint density at radius 3 is 2.44 bits per heavy atom. The summed E-state index contributed by atoms with van der Waals surface area (Å²) in [6.07, 6.45) is 8.51. The van der Waals surface area contributed by atoms with Crippen LogP contribution in [-0.4, -0.2) is 48.2 Å². The summed E-state index contributed by atoms with van der Waals surface area (Å²) in [5, 5.41) is 14.5. The summed E-state index contributed by atoms with van der Waals surface area (Å²) < 4.78 is 7.52. The molecule has 3 aromatic heterocycles. The second-order valence-electron chi connectivity index (χ2n) is 7.72. The van der Waals surface area contributed by atoms with Gasteiger partial charge in [-0.2, -0.15) is 0 Å². The van der Waals surface area contributed by atoms with Gasteiger partial charge in [-0.3, -0.25) is 0 Å². The van der Waals surface area contributed by atoms with E-state index < -0.39 is 0 Å². The van der Waals surface area contributed by atoms with Crippen molar-refractivity contribution in [2.24, 2.45) is 0 Å². The number of anilines is 1. The number of tetrazole rings is 1. The van der Waals surface area contributed by atoms with Crippen LogP contribution in [0.1, 0.15) is 55.8 Å². The standard InChI is InChI=1S/C22H24N8OS.C2H6/c1-2-16-11-23-22(24-12-16)29-9-7-17(8-10-29)21-26-18(14-32-21)13-31-20-5-3-19(4-6-20)30-15-25-27-28-30;1-2/h3-6,11-12,14-15,17H,2,7-10,13H2,1H3;1-2H3. The first-order valence-corrected chi connectivity index (χ1v) is 12.6. The molecular formula is C24H30N8OS. The van der Waals surface area contributed by atoms with Gasteiger partial charge >= 0.3 is 0 Å². The van der Waals surface area contributed by atoms with E-state index in [1.165, 1.54) is 10.6 Å². The van der Waals surface area contributed by atoms with E-state index in [1.54, 1.807) is 22.3 Å². The van der Waals surface area contributed by atoms with Gasteiger partial charge in [0.05, 0.1) is 16.4 Å². The van der Waals surface area contributed by atoms with Crippen LogP contribution in [0.15, 0.2) is 48.4 Å². The number of aromatic nitrogens is 7. The number of thiazole rings is 1. The molecule has 178 valence electrons. The summed E-state index contributed by atoms with van der Waals surface area (Å²) in [6, 6.07) is 7.67. The average molecular weight is 479 g/mol. The summed E-state index contributed by atoms with van der Waals surface area (Å²) in [7, 11) is 0. The van der Waals surface area contributed by atoms with Crippen molar-refractivity contribution in [2.75, 3.05) is 18.0 Å². The third-order valence-electron chi connectivity index (χ3n) is 5.63. The Morgan fingerprint density at radius 1 is 1.06 bits per heavy atom. The number of nitrogens with zero attached hydrogens (tertiary/aromatic N) is 8. The van der Waals surface area contributed by atoms with Crippen LogP contribution in [0.25, 0.3) is 5.69 Å². The van der Waals surface area contributed by atoms with Crippen molar-refractivity contribution in [3.8, 4) is 11.4 Å². The van der Waals surface area contributed by atoms with Gasteiger partial charge < -0.3 is 9.64 Å². The SMILES string of the molecule is CC.CCc1cnc(N2CCC(c3nc(COc4ccc(-n5cnnn5)cc4)cs3)CC2)nc1. The smallest absolute Gasteiger partial charge is 0.225 e. The zero-order valence-electron chi connectivity index (χ0n) is 19.8. The van der Waals surface area contributed by atoms with Crippen molar-refractivity contribution in [3.05, 3.63) is 64.6 Å². The van der Waals surface area contributed by atoms with Crippen LogP contribution >= 0.6 is 11.3 Å². The van der Waals surface area contributed by atoms with Crippen LogP contribution in [0.3, 0.4) is 0 Å². The van der Waals surface area contributed by atoms with Crippen molar-refractivity contribution in [2.45, 2.75) is 52.6 Å². The molecule has 5 rings (SSSR count). The minimum atomic E-state index is 0.456. The maximum Gasteiger partial charge on any atom is 0.225 e. The highest BCUT2D eigenvalue weighted by atomic mass is 32.1. The Kier molecular flexibility index (Phi) is 8.13. The largest absolute Gasteiger partial charge is 0.487 e. The van der Waals surface area contributed by atoms with Gasteiger partial charge in [-0.05, 0) is 59.5 Å². The van der Waals surface area contributed by atoms with E-state index in [9.17, 15) is 0 Å². The molecule has 0 unspecified atom stereocenters. The number of piperidine rings is 1. The Bertz CT molecular complexity index is 1120. The summed E-state index contributed by atoms with van der Waals surface area (Å²) in [4.78, 5) is 16.2. The minimum absolute atomic E-state index is 0.456. The molecule has 0 atom stereocenters. The maximum atomic E-state index is 5.92. The molecule has 1 aromatic carbocycles. The quantitative estimate of drug-likeness (QED) is 0.384. The van der Waals surface area contributed by atoms with Crippen LogP contribution < -0.4 is 9.64 Å². The fourth-order valence-corrected chi connectivity index (χ4v) is 4.70. The third kappa shape index (κ3) is 5.74. The lowest BCUT2D eigenvalue weighted by Gasteiger charge is -2.31. The Hall–Kier alpha value is -3.40. The molecule has 9 nitrogen and oxygen atoms in total. The first kappa shape index (κ1) is 23.7. The molecule has 4 aromatic rings. The topological polar surface area (TPSA) is 94.7 Å². The fourth-order valence-electron chi connectivity index (χ4n) is 3.73. The van der Waals surface area contributed by atoms with Crippen LogP contribution in [0.5, 0.6) is 5.75 Å². The molecule has 0 amide bonds. The van der Waals surface area contributed by atoms with Gasteiger partial charge in [0.25, 0.3) is 0 Å². The van der Waals surface area contributed by atoms with Gasteiger partial charge in [-0.25, -0.2) is 19.6 Å². The highest BCUT2D eigenvalue weighted by Crippen LogP contribution is 2.31. The number of hydrogen-bond acceptors (Lipinski definition) is 9. The molecule has 4 heterocycles. The van der Waals surface area contributed by atoms with E-state index >= 15 is 0 Å². The molecule has 0 radical (unpaired) electrons. The number of aryl methyl sites for hydroxylation is 1. The highest BCUT2D eigenvalue weighted by Gasteiger charge is 2.24. The van der Waals surface area contributed by atoms with E-state index in [0.717, 1.165) is 55.4 Å². The van der Waals surface area contributed by atoms with Crippen LogP contribution in [0, 0.1) is 0 Å².